The largest absolute Gasteiger partial charge is 0.396 e. The molecule has 0 amide bonds. The van der Waals surface area contributed by atoms with E-state index in [0.29, 0.717) is 5.92 Å². The van der Waals surface area contributed by atoms with E-state index in [4.69, 9.17) is 4.74 Å². The molecule has 3 heteroatoms. The first-order chi connectivity index (χ1) is 7.18. The summed E-state index contributed by atoms with van der Waals surface area (Å²) in [6.07, 6.45) is 5.59. The van der Waals surface area contributed by atoms with Crippen molar-refractivity contribution in [1.29, 1.82) is 0 Å². The van der Waals surface area contributed by atoms with Gasteiger partial charge in [-0.05, 0) is 32.1 Å². The van der Waals surface area contributed by atoms with Crippen LogP contribution in [0, 0.1) is 11.3 Å². The van der Waals surface area contributed by atoms with Gasteiger partial charge in [-0.15, -0.1) is 0 Å². The van der Waals surface area contributed by atoms with E-state index in [0.717, 1.165) is 19.3 Å². The molecule has 0 aromatic heterocycles. The average Bonchev–Trinajstić information content (AvgIpc) is 2.79. The first-order valence-corrected chi connectivity index (χ1v) is 5.93. The van der Waals surface area contributed by atoms with E-state index in [-0.39, 0.29) is 24.7 Å². The summed E-state index contributed by atoms with van der Waals surface area (Å²) in [5, 5.41) is 19.1. The summed E-state index contributed by atoms with van der Waals surface area (Å²) in [5.74, 6) is 0.463. The minimum absolute atomic E-state index is 0.0713. The maximum Gasteiger partial charge on any atom is 0.0550 e. The summed E-state index contributed by atoms with van der Waals surface area (Å²) in [6, 6.07) is 0. The first kappa shape index (κ1) is 12.9. The minimum Gasteiger partial charge on any atom is -0.396 e. The van der Waals surface area contributed by atoms with Crippen molar-refractivity contribution >= 4 is 0 Å². The molecular formula is C12H24O3. The van der Waals surface area contributed by atoms with Gasteiger partial charge in [-0.25, -0.2) is 0 Å². The monoisotopic (exact) mass is 216 g/mol. The molecule has 0 saturated heterocycles. The molecule has 2 N–H and O–H groups in total. The van der Waals surface area contributed by atoms with Crippen LogP contribution in [0.2, 0.25) is 0 Å². The molecule has 1 aliphatic carbocycles. The molecule has 0 bridgehead atoms. The molecule has 1 rings (SSSR count). The van der Waals surface area contributed by atoms with Crippen LogP contribution in [0.5, 0.6) is 0 Å². The molecule has 0 aliphatic heterocycles. The highest BCUT2D eigenvalue weighted by atomic mass is 16.5. The highest BCUT2D eigenvalue weighted by molar-refractivity contribution is 4.89. The number of rotatable bonds is 6. The van der Waals surface area contributed by atoms with Gasteiger partial charge in [0.15, 0.2) is 0 Å². The molecule has 90 valence electrons. The number of aliphatic hydroxyl groups excluding tert-OH is 2. The van der Waals surface area contributed by atoms with Crippen LogP contribution in [0.15, 0.2) is 0 Å². The fraction of sp³-hybridized carbons (Fsp3) is 1.00. The predicted molar refractivity (Wildman–Crippen MR) is 59.7 cm³/mol. The maximum atomic E-state index is 9.57. The third-order valence-electron chi connectivity index (χ3n) is 3.95. The van der Waals surface area contributed by atoms with E-state index in [1.165, 1.54) is 12.8 Å². The molecular weight excluding hydrogens is 192 g/mol. The Labute approximate surface area is 92.4 Å². The number of ether oxygens (including phenoxy) is 1. The van der Waals surface area contributed by atoms with Gasteiger partial charge in [0, 0.05) is 12.5 Å². The van der Waals surface area contributed by atoms with Crippen LogP contribution >= 0.6 is 0 Å². The second-order valence-electron chi connectivity index (χ2n) is 4.91. The Morgan fingerprint density at radius 2 is 1.80 bits per heavy atom. The Bertz CT molecular complexity index is 172. The number of methoxy groups -OCH3 is 1. The molecule has 0 radical (unpaired) electrons. The van der Waals surface area contributed by atoms with Gasteiger partial charge in [0.1, 0.15) is 0 Å². The van der Waals surface area contributed by atoms with Crippen LogP contribution in [-0.2, 0) is 4.74 Å². The van der Waals surface area contributed by atoms with Crippen molar-refractivity contribution in [2.45, 2.75) is 45.1 Å². The van der Waals surface area contributed by atoms with E-state index in [2.05, 4.69) is 0 Å². The number of hydrogen-bond acceptors (Lipinski definition) is 3. The smallest absolute Gasteiger partial charge is 0.0550 e. The Balaban J connectivity index is 2.66. The van der Waals surface area contributed by atoms with Gasteiger partial charge >= 0.3 is 0 Å². The van der Waals surface area contributed by atoms with Gasteiger partial charge in [-0.2, -0.15) is 0 Å². The van der Waals surface area contributed by atoms with E-state index in [9.17, 15) is 10.2 Å². The first-order valence-electron chi connectivity index (χ1n) is 5.93. The number of aliphatic hydroxyl groups is 2. The van der Waals surface area contributed by atoms with E-state index < -0.39 is 0 Å². The normalized spacial score (nSPS) is 20.8. The van der Waals surface area contributed by atoms with Gasteiger partial charge in [-0.1, -0.05) is 12.8 Å². The molecule has 15 heavy (non-hydrogen) atoms. The molecule has 1 fully saturated rings. The highest BCUT2D eigenvalue weighted by Crippen LogP contribution is 2.42. The van der Waals surface area contributed by atoms with Crippen molar-refractivity contribution in [2.75, 3.05) is 20.3 Å². The van der Waals surface area contributed by atoms with Crippen molar-refractivity contribution in [2.24, 2.45) is 11.3 Å². The van der Waals surface area contributed by atoms with Gasteiger partial charge < -0.3 is 14.9 Å². The molecule has 1 saturated carbocycles. The lowest BCUT2D eigenvalue weighted by Crippen LogP contribution is -2.40. The van der Waals surface area contributed by atoms with Gasteiger partial charge in [0.2, 0.25) is 0 Å². The number of hydrogen-bond donors (Lipinski definition) is 2. The quantitative estimate of drug-likeness (QED) is 0.708. The van der Waals surface area contributed by atoms with Crippen LogP contribution in [-0.4, -0.2) is 36.6 Å². The van der Waals surface area contributed by atoms with Crippen LogP contribution in [0.4, 0.5) is 0 Å². The Morgan fingerprint density at radius 3 is 2.20 bits per heavy atom. The summed E-state index contributed by atoms with van der Waals surface area (Å²) in [5.41, 5.74) is -0.327. The summed E-state index contributed by atoms with van der Waals surface area (Å²) < 4.78 is 5.25. The van der Waals surface area contributed by atoms with E-state index >= 15 is 0 Å². The zero-order chi connectivity index (χ0) is 11.3. The standard InChI is InChI=1S/C12H24O3/c1-10(15-2)7-12(8-13,9-14)11-5-3-4-6-11/h10-11,13-14H,3-9H2,1-2H3. The van der Waals surface area contributed by atoms with Crippen LogP contribution in [0.3, 0.4) is 0 Å². The lowest BCUT2D eigenvalue weighted by molar-refractivity contribution is -0.0389. The second-order valence-corrected chi connectivity index (χ2v) is 4.91. The Kier molecular flexibility index (Phi) is 5.03. The zero-order valence-electron chi connectivity index (χ0n) is 9.91. The maximum absolute atomic E-state index is 9.57. The third kappa shape index (κ3) is 2.92. The second kappa shape index (κ2) is 5.83. The zero-order valence-corrected chi connectivity index (χ0v) is 9.91. The van der Waals surface area contributed by atoms with Crippen molar-refractivity contribution in [3.8, 4) is 0 Å². The summed E-state index contributed by atoms with van der Waals surface area (Å²) >= 11 is 0. The topological polar surface area (TPSA) is 49.7 Å². The van der Waals surface area contributed by atoms with Crippen LogP contribution in [0.25, 0.3) is 0 Å². The van der Waals surface area contributed by atoms with Crippen molar-refractivity contribution in [3.63, 3.8) is 0 Å². The lowest BCUT2D eigenvalue weighted by Gasteiger charge is -2.37. The minimum atomic E-state index is -0.327. The SMILES string of the molecule is COC(C)CC(CO)(CO)C1CCCC1. The van der Waals surface area contributed by atoms with Gasteiger partial charge in [0.05, 0.1) is 19.3 Å². The molecule has 1 aliphatic rings. The highest BCUT2D eigenvalue weighted by Gasteiger charge is 2.40. The molecule has 1 unspecified atom stereocenters. The molecule has 0 spiro atoms. The van der Waals surface area contributed by atoms with Crippen LogP contribution < -0.4 is 0 Å². The van der Waals surface area contributed by atoms with Gasteiger partial charge in [0.25, 0.3) is 0 Å². The Hall–Kier alpha value is -0.120. The van der Waals surface area contributed by atoms with Crippen molar-refractivity contribution in [3.05, 3.63) is 0 Å². The molecule has 0 heterocycles. The van der Waals surface area contributed by atoms with E-state index in [1.807, 2.05) is 6.92 Å². The average molecular weight is 216 g/mol. The summed E-state index contributed by atoms with van der Waals surface area (Å²) in [6.45, 7) is 2.14. The molecule has 0 aromatic carbocycles. The summed E-state index contributed by atoms with van der Waals surface area (Å²) in [4.78, 5) is 0. The van der Waals surface area contributed by atoms with Crippen LogP contribution in [0.1, 0.15) is 39.0 Å². The fourth-order valence-corrected chi connectivity index (χ4v) is 2.80. The van der Waals surface area contributed by atoms with E-state index in [1.54, 1.807) is 7.11 Å². The molecule has 1 atom stereocenters. The summed E-state index contributed by atoms with van der Waals surface area (Å²) in [7, 11) is 1.68. The lowest BCUT2D eigenvalue weighted by atomic mass is 9.72. The van der Waals surface area contributed by atoms with Crippen molar-refractivity contribution in [1.82, 2.24) is 0 Å². The fourth-order valence-electron chi connectivity index (χ4n) is 2.80. The van der Waals surface area contributed by atoms with Crippen molar-refractivity contribution < 1.29 is 14.9 Å². The third-order valence-corrected chi connectivity index (χ3v) is 3.95. The predicted octanol–water partition coefficient (Wildman–Crippen LogP) is 1.57. The molecule has 3 nitrogen and oxygen atoms in total. The Morgan fingerprint density at radius 1 is 1.27 bits per heavy atom. The molecule has 0 aromatic rings. The van der Waals surface area contributed by atoms with Gasteiger partial charge in [-0.3, -0.25) is 0 Å².